The Balaban J connectivity index is 2.41. The molecule has 0 aromatic rings. The first-order valence-corrected chi connectivity index (χ1v) is 3.56. The van der Waals surface area contributed by atoms with Crippen molar-refractivity contribution >= 4 is 0 Å². The van der Waals surface area contributed by atoms with Gasteiger partial charge in [0.2, 0.25) is 0 Å². The van der Waals surface area contributed by atoms with Crippen molar-refractivity contribution in [2.24, 2.45) is 11.7 Å². The summed E-state index contributed by atoms with van der Waals surface area (Å²) in [7, 11) is 0. The molecule has 1 heteroatoms. The third-order valence-corrected chi connectivity index (χ3v) is 2.03. The molecule has 2 atom stereocenters. The highest BCUT2D eigenvalue weighted by Crippen LogP contribution is 2.21. The van der Waals surface area contributed by atoms with Gasteiger partial charge in [-0.3, -0.25) is 0 Å². The van der Waals surface area contributed by atoms with Gasteiger partial charge in [0.05, 0.1) is 0 Å². The Labute approximate surface area is 56.6 Å². The molecule has 1 saturated carbocycles. The predicted octanol–water partition coefficient (Wildman–Crippen LogP) is 1.14. The van der Waals surface area contributed by atoms with E-state index >= 15 is 0 Å². The largest absolute Gasteiger partial charge is 0.327 e. The molecule has 0 spiro atoms. The maximum atomic E-state index is 5.75. The first-order chi connectivity index (χ1) is 4.34. The molecular weight excluding hydrogens is 110 g/mol. The number of terminal acetylenes is 1. The Morgan fingerprint density at radius 1 is 1.33 bits per heavy atom. The van der Waals surface area contributed by atoms with E-state index in [2.05, 4.69) is 5.92 Å². The summed E-state index contributed by atoms with van der Waals surface area (Å²) in [6, 6.07) is 0.281. The second-order valence-electron chi connectivity index (χ2n) is 2.72. The Hall–Kier alpha value is -0.480. The Kier molecular flexibility index (Phi) is 2.13. The molecule has 0 bridgehead atoms. The van der Waals surface area contributed by atoms with E-state index in [0.29, 0.717) is 5.92 Å². The van der Waals surface area contributed by atoms with E-state index in [9.17, 15) is 0 Å². The van der Waals surface area contributed by atoms with E-state index in [1.54, 1.807) is 0 Å². The molecule has 0 aliphatic heterocycles. The number of hydrogen-bond acceptors (Lipinski definition) is 1. The summed E-state index contributed by atoms with van der Waals surface area (Å²) in [5.74, 6) is 3.09. The highest BCUT2D eigenvalue weighted by Gasteiger charge is 2.18. The molecule has 0 aromatic heterocycles. The molecule has 9 heavy (non-hydrogen) atoms. The minimum Gasteiger partial charge on any atom is -0.327 e. The van der Waals surface area contributed by atoms with E-state index in [0.717, 1.165) is 12.8 Å². The lowest BCUT2D eigenvalue weighted by atomic mass is 9.86. The van der Waals surface area contributed by atoms with E-state index in [4.69, 9.17) is 12.2 Å². The first-order valence-electron chi connectivity index (χ1n) is 3.56. The zero-order chi connectivity index (χ0) is 6.69. The second kappa shape index (κ2) is 2.89. The fraction of sp³-hybridized carbons (Fsp3) is 0.750. The third kappa shape index (κ3) is 1.46. The lowest BCUT2D eigenvalue weighted by Crippen LogP contribution is -2.31. The molecule has 1 aliphatic rings. The summed E-state index contributed by atoms with van der Waals surface area (Å²) in [6.45, 7) is 0. The van der Waals surface area contributed by atoms with Crippen LogP contribution >= 0.6 is 0 Å². The van der Waals surface area contributed by atoms with Crippen LogP contribution in [0.5, 0.6) is 0 Å². The summed E-state index contributed by atoms with van der Waals surface area (Å²) in [5, 5.41) is 0. The normalized spacial score (nSPS) is 35.6. The average Bonchev–Trinajstić information content (AvgIpc) is 1.89. The number of nitrogens with two attached hydrogens (primary N) is 1. The second-order valence-corrected chi connectivity index (χ2v) is 2.72. The molecule has 1 rings (SSSR count). The monoisotopic (exact) mass is 123 g/mol. The molecule has 1 nitrogen and oxygen atoms in total. The summed E-state index contributed by atoms with van der Waals surface area (Å²) >= 11 is 0. The molecule has 50 valence electrons. The number of rotatable bonds is 0. The molecule has 0 amide bonds. The van der Waals surface area contributed by atoms with E-state index in [-0.39, 0.29) is 6.04 Å². The van der Waals surface area contributed by atoms with Crippen LogP contribution in [0.2, 0.25) is 0 Å². The van der Waals surface area contributed by atoms with Gasteiger partial charge < -0.3 is 5.73 Å². The fourth-order valence-electron chi connectivity index (χ4n) is 1.37. The zero-order valence-electron chi connectivity index (χ0n) is 5.64. The lowest BCUT2D eigenvalue weighted by Gasteiger charge is -2.23. The van der Waals surface area contributed by atoms with Crippen molar-refractivity contribution in [2.75, 3.05) is 0 Å². The molecule has 1 aliphatic carbocycles. The molecule has 1 fully saturated rings. The summed E-state index contributed by atoms with van der Waals surface area (Å²) in [4.78, 5) is 0. The van der Waals surface area contributed by atoms with Crippen molar-refractivity contribution in [2.45, 2.75) is 31.7 Å². The third-order valence-electron chi connectivity index (χ3n) is 2.03. The molecule has 0 unspecified atom stereocenters. The molecular formula is C8H13N. The molecule has 0 heterocycles. The van der Waals surface area contributed by atoms with Gasteiger partial charge in [0.1, 0.15) is 0 Å². The van der Waals surface area contributed by atoms with Gasteiger partial charge >= 0.3 is 0 Å². The SMILES string of the molecule is C#C[C@@H]1CCCC[C@H]1N. The van der Waals surface area contributed by atoms with Crippen molar-refractivity contribution in [3.05, 3.63) is 0 Å². The minimum absolute atomic E-state index is 0.281. The first kappa shape index (κ1) is 6.64. The van der Waals surface area contributed by atoms with Crippen molar-refractivity contribution in [1.29, 1.82) is 0 Å². The summed E-state index contributed by atoms with van der Waals surface area (Å²) in [6.07, 6.45) is 10.0. The topological polar surface area (TPSA) is 26.0 Å². The van der Waals surface area contributed by atoms with Crippen LogP contribution in [0.3, 0.4) is 0 Å². The van der Waals surface area contributed by atoms with Crippen LogP contribution in [0.1, 0.15) is 25.7 Å². The Bertz CT molecular complexity index is 123. The highest BCUT2D eigenvalue weighted by atomic mass is 14.6. The van der Waals surface area contributed by atoms with Gasteiger partial charge in [-0.25, -0.2) is 0 Å². The van der Waals surface area contributed by atoms with Gasteiger partial charge in [0, 0.05) is 12.0 Å². The van der Waals surface area contributed by atoms with Crippen molar-refractivity contribution < 1.29 is 0 Å². The lowest BCUT2D eigenvalue weighted by molar-refractivity contribution is 0.372. The standard InChI is InChI=1S/C8H13N/c1-2-7-5-3-4-6-8(7)9/h1,7-8H,3-6,9H2/t7-,8-/m1/s1. The van der Waals surface area contributed by atoms with E-state index < -0.39 is 0 Å². The van der Waals surface area contributed by atoms with Crippen LogP contribution < -0.4 is 5.73 Å². The number of hydrogen-bond donors (Lipinski definition) is 1. The molecule has 0 saturated heterocycles. The molecule has 0 radical (unpaired) electrons. The van der Waals surface area contributed by atoms with Crippen LogP contribution in [0.25, 0.3) is 0 Å². The fourth-order valence-corrected chi connectivity index (χ4v) is 1.37. The van der Waals surface area contributed by atoms with Crippen LogP contribution in [-0.2, 0) is 0 Å². The maximum absolute atomic E-state index is 5.75. The summed E-state index contributed by atoms with van der Waals surface area (Å²) < 4.78 is 0. The molecule has 2 N–H and O–H groups in total. The van der Waals surface area contributed by atoms with Gasteiger partial charge in [-0.1, -0.05) is 12.8 Å². The Morgan fingerprint density at radius 3 is 2.44 bits per heavy atom. The van der Waals surface area contributed by atoms with Crippen molar-refractivity contribution in [3.63, 3.8) is 0 Å². The van der Waals surface area contributed by atoms with E-state index in [1.165, 1.54) is 12.8 Å². The van der Waals surface area contributed by atoms with Gasteiger partial charge in [-0.15, -0.1) is 12.3 Å². The summed E-state index contributed by atoms with van der Waals surface area (Å²) in [5.41, 5.74) is 5.75. The Morgan fingerprint density at radius 2 is 2.00 bits per heavy atom. The van der Waals surface area contributed by atoms with E-state index in [1.807, 2.05) is 0 Å². The van der Waals surface area contributed by atoms with Crippen LogP contribution in [0.15, 0.2) is 0 Å². The highest BCUT2D eigenvalue weighted by molar-refractivity contribution is 4.99. The van der Waals surface area contributed by atoms with Gasteiger partial charge in [-0.2, -0.15) is 0 Å². The average molecular weight is 123 g/mol. The van der Waals surface area contributed by atoms with Crippen LogP contribution in [0.4, 0.5) is 0 Å². The van der Waals surface area contributed by atoms with Crippen molar-refractivity contribution in [3.8, 4) is 12.3 Å². The van der Waals surface area contributed by atoms with Gasteiger partial charge in [0.25, 0.3) is 0 Å². The smallest absolute Gasteiger partial charge is 0.0351 e. The van der Waals surface area contributed by atoms with Gasteiger partial charge in [-0.05, 0) is 12.8 Å². The van der Waals surface area contributed by atoms with Gasteiger partial charge in [0.15, 0.2) is 0 Å². The quantitative estimate of drug-likeness (QED) is 0.480. The van der Waals surface area contributed by atoms with Crippen LogP contribution in [-0.4, -0.2) is 6.04 Å². The zero-order valence-corrected chi connectivity index (χ0v) is 5.64. The predicted molar refractivity (Wildman–Crippen MR) is 38.8 cm³/mol. The minimum atomic E-state index is 0.281. The van der Waals surface area contributed by atoms with Crippen LogP contribution in [0, 0.1) is 18.3 Å². The maximum Gasteiger partial charge on any atom is 0.0351 e. The van der Waals surface area contributed by atoms with Crippen molar-refractivity contribution in [1.82, 2.24) is 0 Å². The molecule has 0 aromatic carbocycles.